The summed E-state index contributed by atoms with van der Waals surface area (Å²) in [5, 5.41) is 0. The highest BCUT2D eigenvalue weighted by atomic mass is 16.5. The number of rotatable bonds is 4. The van der Waals surface area contributed by atoms with Crippen LogP contribution in [0, 0.1) is 0 Å². The number of hydrogen-bond acceptors (Lipinski definition) is 6. The van der Waals surface area contributed by atoms with Crippen LogP contribution in [0.25, 0.3) is 0 Å². The molecule has 1 aliphatic carbocycles. The maximum Gasteiger partial charge on any atom is 0.145 e. The standard InChI is InChI=1S/C15H25N5O/c1-2-5-13-17-14(19-16)10-15(18-13)20-8-9-21-12-7-4-3-6-11(12)20/h10-12H,2-9,16H2,1H3,(H,17,18,19). The number of hydrazine groups is 1. The van der Waals surface area contributed by atoms with Crippen molar-refractivity contribution in [2.45, 2.75) is 57.6 Å². The van der Waals surface area contributed by atoms with Gasteiger partial charge in [0.15, 0.2) is 0 Å². The number of nitrogens with two attached hydrogens (primary N) is 1. The van der Waals surface area contributed by atoms with Gasteiger partial charge in [-0.05, 0) is 19.3 Å². The Balaban J connectivity index is 1.88. The van der Waals surface area contributed by atoms with Crippen molar-refractivity contribution >= 4 is 11.6 Å². The fourth-order valence-corrected chi connectivity index (χ4v) is 3.42. The average Bonchev–Trinajstić information content (AvgIpc) is 2.54. The Labute approximate surface area is 126 Å². The van der Waals surface area contributed by atoms with Crippen LogP contribution in [0.2, 0.25) is 0 Å². The largest absolute Gasteiger partial charge is 0.374 e. The van der Waals surface area contributed by atoms with Gasteiger partial charge in [-0.2, -0.15) is 0 Å². The molecule has 0 amide bonds. The minimum atomic E-state index is 0.353. The van der Waals surface area contributed by atoms with E-state index in [0.717, 1.165) is 44.1 Å². The van der Waals surface area contributed by atoms with Crippen molar-refractivity contribution < 1.29 is 4.74 Å². The summed E-state index contributed by atoms with van der Waals surface area (Å²) >= 11 is 0. The molecule has 1 aromatic rings. The van der Waals surface area contributed by atoms with E-state index in [0.29, 0.717) is 18.0 Å². The van der Waals surface area contributed by atoms with Crippen LogP contribution < -0.4 is 16.2 Å². The third-order valence-electron chi connectivity index (χ3n) is 4.41. The summed E-state index contributed by atoms with van der Waals surface area (Å²) in [6.07, 6.45) is 7.15. The van der Waals surface area contributed by atoms with Crippen molar-refractivity contribution in [1.29, 1.82) is 0 Å². The first kappa shape index (κ1) is 14.5. The Morgan fingerprint density at radius 1 is 1.38 bits per heavy atom. The summed E-state index contributed by atoms with van der Waals surface area (Å²) in [6, 6.07) is 2.40. The van der Waals surface area contributed by atoms with Gasteiger partial charge < -0.3 is 15.1 Å². The van der Waals surface area contributed by atoms with Crippen LogP contribution in [0.4, 0.5) is 11.6 Å². The molecule has 1 aliphatic heterocycles. The van der Waals surface area contributed by atoms with Gasteiger partial charge >= 0.3 is 0 Å². The molecule has 6 heteroatoms. The van der Waals surface area contributed by atoms with Crippen molar-refractivity contribution in [1.82, 2.24) is 9.97 Å². The number of hydrogen-bond donors (Lipinski definition) is 2. The van der Waals surface area contributed by atoms with Crippen LogP contribution in [0.15, 0.2) is 6.07 Å². The SMILES string of the molecule is CCCc1nc(NN)cc(N2CCOC3CCCCC32)n1. The Morgan fingerprint density at radius 3 is 3.05 bits per heavy atom. The van der Waals surface area contributed by atoms with Crippen molar-refractivity contribution in [3.8, 4) is 0 Å². The van der Waals surface area contributed by atoms with Crippen LogP contribution in [0.5, 0.6) is 0 Å². The van der Waals surface area contributed by atoms with Gasteiger partial charge in [0.1, 0.15) is 17.5 Å². The summed E-state index contributed by atoms with van der Waals surface area (Å²) in [6.45, 7) is 3.81. The number of ether oxygens (including phenoxy) is 1. The van der Waals surface area contributed by atoms with E-state index in [9.17, 15) is 0 Å². The molecular formula is C15H25N5O. The van der Waals surface area contributed by atoms with Crippen LogP contribution in [-0.2, 0) is 11.2 Å². The Bertz CT molecular complexity index is 479. The number of aromatic nitrogens is 2. The predicted molar refractivity (Wildman–Crippen MR) is 83.2 cm³/mol. The second-order valence-electron chi connectivity index (χ2n) is 5.88. The molecule has 2 fully saturated rings. The smallest absolute Gasteiger partial charge is 0.145 e. The van der Waals surface area contributed by atoms with E-state index in [1.54, 1.807) is 0 Å². The summed E-state index contributed by atoms with van der Waals surface area (Å²) < 4.78 is 5.94. The number of nitrogen functional groups attached to an aromatic ring is 1. The molecule has 0 spiro atoms. The number of anilines is 2. The highest BCUT2D eigenvalue weighted by Crippen LogP contribution is 2.31. The lowest BCUT2D eigenvalue weighted by atomic mass is 9.90. The van der Waals surface area contributed by atoms with Crippen molar-refractivity contribution in [2.75, 3.05) is 23.5 Å². The first-order valence-corrected chi connectivity index (χ1v) is 8.04. The minimum Gasteiger partial charge on any atom is -0.374 e. The normalized spacial score (nSPS) is 25.5. The monoisotopic (exact) mass is 291 g/mol. The molecule has 2 aliphatic rings. The van der Waals surface area contributed by atoms with E-state index in [2.05, 4.69) is 22.2 Å². The molecule has 116 valence electrons. The maximum absolute atomic E-state index is 5.94. The third kappa shape index (κ3) is 3.11. The van der Waals surface area contributed by atoms with Crippen LogP contribution in [-0.4, -0.2) is 35.3 Å². The van der Waals surface area contributed by atoms with Gasteiger partial charge in [0.25, 0.3) is 0 Å². The summed E-state index contributed by atoms with van der Waals surface area (Å²) in [5.74, 6) is 8.11. The highest BCUT2D eigenvalue weighted by molar-refractivity contribution is 5.50. The average molecular weight is 291 g/mol. The van der Waals surface area contributed by atoms with Gasteiger partial charge in [-0.1, -0.05) is 19.8 Å². The number of nitrogens with zero attached hydrogens (tertiary/aromatic N) is 3. The minimum absolute atomic E-state index is 0.353. The first-order valence-electron chi connectivity index (χ1n) is 8.04. The summed E-state index contributed by atoms with van der Waals surface area (Å²) in [4.78, 5) is 11.6. The van der Waals surface area contributed by atoms with Gasteiger partial charge in [0, 0.05) is 19.0 Å². The van der Waals surface area contributed by atoms with Gasteiger partial charge in [-0.25, -0.2) is 15.8 Å². The van der Waals surface area contributed by atoms with E-state index in [1.807, 2.05) is 6.07 Å². The van der Waals surface area contributed by atoms with Gasteiger partial charge in [0.2, 0.25) is 0 Å². The molecule has 2 unspecified atom stereocenters. The molecule has 3 N–H and O–H groups in total. The summed E-state index contributed by atoms with van der Waals surface area (Å²) in [5.41, 5.74) is 2.67. The van der Waals surface area contributed by atoms with Crippen LogP contribution >= 0.6 is 0 Å². The molecule has 1 saturated heterocycles. The van der Waals surface area contributed by atoms with Crippen molar-refractivity contribution in [3.63, 3.8) is 0 Å². The lowest BCUT2D eigenvalue weighted by Gasteiger charge is -2.44. The molecule has 3 rings (SSSR count). The predicted octanol–water partition coefficient (Wildman–Crippen LogP) is 1.86. The van der Waals surface area contributed by atoms with E-state index in [1.165, 1.54) is 19.3 Å². The molecule has 2 atom stereocenters. The lowest BCUT2D eigenvalue weighted by Crippen LogP contribution is -2.53. The zero-order valence-electron chi connectivity index (χ0n) is 12.7. The number of aryl methyl sites for hydroxylation is 1. The Kier molecular flexibility index (Phi) is 4.55. The van der Waals surface area contributed by atoms with E-state index >= 15 is 0 Å². The van der Waals surface area contributed by atoms with Gasteiger partial charge in [-0.15, -0.1) is 0 Å². The number of morpholine rings is 1. The zero-order valence-corrected chi connectivity index (χ0v) is 12.7. The second kappa shape index (κ2) is 6.58. The van der Waals surface area contributed by atoms with E-state index in [-0.39, 0.29) is 0 Å². The Morgan fingerprint density at radius 2 is 2.24 bits per heavy atom. The van der Waals surface area contributed by atoms with E-state index in [4.69, 9.17) is 15.6 Å². The van der Waals surface area contributed by atoms with Crippen LogP contribution in [0.1, 0.15) is 44.9 Å². The molecular weight excluding hydrogens is 266 g/mol. The quantitative estimate of drug-likeness (QED) is 0.651. The molecule has 0 bridgehead atoms. The molecule has 1 saturated carbocycles. The van der Waals surface area contributed by atoms with Crippen LogP contribution in [0.3, 0.4) is 0 Å². The zero-order chi connectivity index (χ0) is 14.7. The third-order valence-corrected chi connectivity index (χ3v) is 4.41. The van der Waals surface area contributed by atoms with Crippen molar-refractivity contribution in [3.05, 3.63) is 11.9 Å². The molecule has 21 heavy (non-hydrogen) atoms. The van der Waals surface area contributed by atoms with Gasteiger partial charge in [-0.3, -0.25) is 0 Å². The number of fused-ring (bicyclic) bond motifs is 1. The second-order valence-corrected chi connectivity index (χ2v) is 5.88. The first-order chi connectivity index (χ1) is 10.3. The Hall–Kier alpha value is -1.40. The lowest BCUT2D eigenvalue weighted by molar-refractivity contribution is -0.00900. The topological polar surface area (TPSA) is 76.3 Å². The fourth-order valence-electron chi connectivity index (χ4n) is 3.42. The van der Waals surface area contributed by atoms with Crippen molar-refractivity contribution in [2.24, 2.45) is 5.84 Å². The maximum atomic E-state index is 5.94. The highest BCUT2D eigenvalue weighted by Gasteiger charge is 2.35. The fraction of sp³-hybridized carbons (Fsp3) is 0.733. The number of nitrogens with one attached hydrogen (secondary N) is 1. The molecule has 0 radical (unpaired) electrons. The molecule has 0 aromatic carbocycles. The molecule has 2 heterocycles. The molecule has 6 nitrogen and oxygen atoms in total. The van der Waals surface area contributed by atoms with E-state index < -0.39 is 0 Å². The van der Waals surface area contributed by atoms with Gasteiger partial charge in [0.05, 0.1) is 18.8 Å². The summed E-state index contributed by atoms with van der Waals surface area (Å²) in [7, 11) is 0. The molecule has 1 aromatic heterocycles.